The third kappa shape index (κ3) is 4.09. The van der Waals surface area contributed by atoms with Crippen LogP contribution in [0.5, 0.6) is 0 Å². The lowest BCUT2D eigenvalue weighted by atomic mass is 10.1. The molecule has 104 valence electrons. The first-order valence-corrected chi connectivity index (χ1v) is 7.92. The molecule has 0 aromatic heterocycles. The number of benzene rings is 2. The normalized spacial score (nSPS) is 10.3. The highest BCUT2D eigenvalue weighted by molar-refractivity contribution is 8.00. The number of carbonyl (C=O) groups is 1. The van der Waals surface area contributed by atoms with Crippen LogP contribution in [0.3, 0.4) is 0 Å². The predicted octanol–water partition coefficient (Wildman–Crippen LogP) is 5.23. The summed E-state index contributed by atoms with van der Waals surface area (Å²) in [6, 6.07) is 12.7. The summed E-state index contributed by atoms with van der Waals surface area (Å²) >= 11 is 17.2. The SMILES string of the molecule is O=C(CS)c1cccc(NSc2ccc(Cl)c(Cl)c2)c1. The summed E-state index contributed by atoms with van der Waals surface area (Å²) in [6.45, 7) is 0. The molecule has 0 fully saturated rings. The molecule has 0 heterocycles. The highest BCUT2D eigenvalue weighted by atomic mass is 35.5. The molecule has 2 rings (SSSR count). The number of anilines is 1. The second-order valence-electron chi connectivity index (χ2n) is 3.94. The van der Waals surface area contributed by atoms with Crippen molar-refractivity contribution in [3.63, 3.8) is 0 Å². The summed E-state index contributed by atoms with van der Waals surface area (Å²) in [4.78, 5) is 12.5. The van der Waals surface area contributed by atoms with Gasteiger partial charge < -0.3 is 4.72 Å². The van der Waals surface area contributed by atoms with E-state index >= 15 is 0 Å². The van der Waals surface area contributed by atoms with Crippen molar-refractivity contribution in [2.24, 2.45) is 0 Å². The predicted molar refractivity (Wildman–Crippen MR) is 90.6 cm³/mol. The van der Waals surface area contributed by atoms with Gasteiger partial charge in [0.1, 0.15) is 0 Å². The molecule has 0 spiro atoms. The topological polar surface area (TPSA) is 29.1 Å². The van der Waals surface area contributed by atoms with Crippen molar-refractivity contribution in [3.05, 3.63) is 58.1 Å². The second kappa shape index (κ2) is 7.27. The molecule has 1 N–H and O–H groups in total. The molecule has 0 bridgehead atoms. The third-order valence-corrected chi connectivity index (χ3v) is 4.36. The van der Waals surface area contributed by atoms with E-state index < -0.39 is 0 Å². The molecule has 2 nitrogen and oxygen atoms in total. The van der Waals surface area contributed by atoms with Crippen LogP contribution < -0.4 is 4.72 Å². The van der Waals surface area contributed by atoms with Gasteiger partial charge >= 0.3 is 0 Å². The van der Waals surface area contributed by atoms with E-state index in [-0.39, 0.29) is 11.5 Å². The van der Waals surface area contributed by atoms with Crippen LogP contribution >= 0.6 is 47.8 Å². The van der Waals surface area contributed by atoms with E-state index in [9.17, 15) is 4.79 Å². The summed E-state index contributed by atoms with van der Waals surface area (Å²) in [6.07, 6.45) is 0. The summed E-state index contributed by atoms with van der Waals surface area (Å²) in [7, 11) is 0. The number of Topliss-reactive ketones (excluding diaryl/α,β-unsaturated/α-hetero) is 1. The average molecular weight is 344 g/mol. The molecule has 20 heavy (non-hydrogen) atoms. The molecular weight excluding hydrogens is 333 g/mol. The van der Waals surface area contributed by atoms with Gasteiger partial charge in [0, 0.05) is 16.1 Å². The average Bonchev–Trinajstić information content (AvgIpc) is 2.48. The minimum atomic E-state index is -0.00322. The van der Waals surface area contributed by atoms with Crippen LogP contribution in [0.25, 0.3) is 0 Å². The molecule has 0 unspecified atom stereocenters. The zero-order chi connectivity index (χ0) is 14.5. The number of rotatable bonds is 5. The van der Waals surface area contributed by atoms with Crippen molar-refractivity contribution < 1.29 is 4.79 Å². The van der Waals surface area contributed by atoms with Crippen LogP contribution in [-0.4, -0.2) is 11.5 Å². The first-order chi connectivity index (χ1) is 9.60. The van der Waals surface area contributed by atoms with Crippen LogP contribution in [-0.2, 0) is 0 Å². The van der Waals surface area contributed by atoms with E-state index in [1.807, 2.05) is 18.2 Å². The highest BCUT2D eigenvalue weighted by Gasteiger charge is 2.05. The van der Waals surface area contributed by atoms with Crippen LogP contribution in [0.4, 0.5) is 5.69 Å². The number of nitrogens with one attached hydrogen (secondary N) is 1. The van der Waals surface area contributed by atoms with Crippen LogP contribution in [0.1, 0.15) is 10.4 Å². The largest absolute Gasteiger partial charge is 0.326 e. The minimum Gasteiger partial charge on any atom is -0.326 e. The Morgan fingerprint density at radius 3 is 2.65 bits per heavy atom. The Labute approximate surface area is 137 Å². The van der Waals surface area contributed by atoms with E-state index in [0.717, 1.165) is 10.6 Å². The van der Waals surface area contributed by atoms with Crippen molar-refractivity contribution in [1.29, 1.82) is 0 Å². The zero-order valence-electron chi connectivity index (χ0n) is 10.3. The Morgan fingerprint density at radius 2 is 1.95 bits per heavy atom. The number of ketones is 1. The van der Waals surface area contributed by atoms with Gasteiger partial charge in [-0.25, -0.2) is 0 Å². The summed E-state index contributed by atoms with van der Waals surface area (Å²) in [5.41, 5.74) is 1.48. The van der Waals surface area contributed by atoms with Crippen molar-refractivity contribution in [1.82, 2.24) is 0 Å². The fraction of sp³-hybridized carbons (Fsp3) is 0.0714. The summed E-state index contributed by atoms with van der Waals surface area (Å²) in [5, 5.41) is 1.04. The monoisotopic (exact) mass is 343 g/mol. The number of carbonyl (C=O) groups excluding carboxylic acids is 1. The van der Waals surface area contributed by atoms with Crippen molar-refractivity contribution in [3.8, 4) is 0 Å². The van der Waals surface area contributed by atoms with E-state index in [1.165, 1.54) is 11.9 Å². The number of thiol groups is 1. The molecule has 0 aliphatic rings. The fourth-order valence-electron chi connectivity index (χ4n) is 1.51. The van der Waals surface area contributed by atoms with Gasteiger partial charge in [0.25, 0.3) is 0 Å². The number of hydrogen-bond acceptors (Lipinski definition) is 4. The van der Waals surface area contributed by atoms with Crippen LogP contribution in [0.15, 0.2) is 47.4 Å². The molecule has 0 aliphatic carbocycles. The van der Waals surface area contributed by atoms with E-state index in [0.29, 0.717) is 15.6 Å². The van der Waals surface area contributed by atoms with Crippen molar-refractivity contribution >= 4 is 59.2 Å². The third-order valence-electron chi connectivity index (χ3n) is 2.51. The van der Waals surface area contributed by atoms with Crippen LogP contribution in [0, 0.1) is 0 Å². The standard InChI is InChI=1S/C14H11Cl2NOS2/c15-12-5-4-11(7-13(12)16)20-17-10-3-1-2-9(6-10)14(18)8-19/h1-7,17,19H,8H2. The maximum absolute atomic E-state index is 11.6. The molecular formula is C14H11Cl2NOS2. The molecule has 0 radical (unpaired) electrons. The van der Waals surface area contributed by atoms with Gasteiger partial charge in [-0.05, 0) is 42.3 Å². The first-order valence-electron chi connectivity index (χ1n) is 5.72. The summed E-state index contributed by atoms with van der Waals surface area (Å²) in [5.74, 6) is 0.195. The lowest BCUT2D eigenvalue weighted by Gasteiger charge is -2.07. The first kappa shape index (κ1) is 15.6. The Morgan fingerprint density at radius 1 is 1.15 bits per heavy atom. The Hall–Kier alpha value is -0.810. The molecule has 6 heteroatoms. The molecule has 0 atom stereocenters. The molecule has 0 saturated carbocycles. The number of halogens is 2. The summed E-state index contributed by atoms with van der Waals surface area (Å²) < 4.78 is 3.16. The molecule has 2 aromatic carbocycles. The van der Waals surface area contributed by atoms with Crippen molar-refractivity contribution in [2.75, 3.05) is 10.5 Å². The van der Waals surface area contributed by atoms with Gasteiger partial charge in [-0.1, -0.05) is 35.3 Å². The zero-order valence-corrected chi connectivity index (χ0v) is 13.5. The van der Waals surface area contributed by atoms with Gasteiger partial charge in [-0.15, -0.1) is 0 Å². The van der Waals surface area contributed by atoms with E-state index in [2.05, 4.69) is 17.4 Å². The Balaban J connectivity index is 2.07. The van der Waals surface area contributed by atoms with Gasteiger partial charge in [0.05, 0.1) is 15.8 Å². The molecule has 0 amide bonds. The van der Waals surface area contributed by atoms with Gasteiger partial charge in [-0.2, -0.15) is 12.6 Å². The number of hydrogen-bond donors (Lipinski definition) is 2. The maximum atomic E-state index is 11.6. The van der Waals surface area contributed by atoms with Gasteiger partial charge in [0.15, 0.2) is 5.78 Å². The molecule has 0 saturated heterocycles. The highest BCUT2D eigenvalue weighted by Crippen LogP contribution is 2.28. The molecule has 2 aromatic rings. The molecule has 0 aliphatic heterocycles. The quantitative estimate of drug-likeness (QED) is 0.442. The lowest BCUT2D eigenvalue weighted by molar-refractivity contribution is 0.102. The maximum Gasteiger partial charge on any atom is 0.172 e. The van der Waals surface area contributed by atoms with E-state index in [1.54, 1.807) is 24.3 Å². The lowest BCUT2D eigenvalue weighted by Crippen LogP contribution is -2.00. The smallest absolute Gasteiger partial charge is 0.172 e. The fourth-order valence-corrected chi connectivity index (χ4v) is 2.73. The van der Waals surface area contributed by atoms with E-state index in [4.69, 9.17) is 23.2 Å². The minimum absolute atomic E-state index is 0.00322. The van der Waals surface area contributed by atoms with Crippen LogP contribution in [0.2, 0.25) is 10.0 Å². The van der Waals surface area contributed by atoms with Gasteiger partial charge in [0.2, 0.25) is 0 Å². The van der Waals surface area contributed by atoms with Gasteiger partial charge in [-0.3, -0.25) is 4.79 Å². The Kier molecular flexibility index (Phi) is 5.66. The van der Waals surface area contributed by atoms with Crippen molar-refractivity contribution in [2.45, 2.75) is 4.90 Å². The Bertz CT molecular complexity index is 634. The second-order valence-corrected chi connectivity index (χ2v) is 5.95.